The zero-order valence-electron chi connectivity index (χ0n) is 14.0. The van der Waals surface area contributed by atoms with E-state index in [1.807, 2.05) is 13.1 Å². The maximum Gasteiger partial charge on any atom is 0.336 e. The minimum Gasteiger partial charge on any atom is -0.459 e. The largest absolute Gasteiger partial charge is 0.459 e. The number of hydrogen-bond donors (Lipinski definition) is 2. The van der Waals surface area contributed by atoms with E-state index >= 15 is 0 Å². The predicted octanol–water partition coefficient (Wildman–Crippen LogP) is 1.96. The fraction of sp³-hybridized carbons (Fsp3) is 0.688. The van der Waals surface area contributed by atoms with E-state index in [9.17, 15) is 0 Å². The molecule has 0 amide bonds. The van der Waals surface area contributed by atoms with E-state index < -0.39 is 0 Å². The van der Waals surface area contributed by atoms with Gasteiger partial charge in [0.2, 0.25) is 0 Å². The minimum atomic E-state index is 0.0730. The van der Waals surface area contributed by atoms with Gasteiger partial charge in [0.25, 0.3) is 0 Å². The number of nitrogens with two attached hydrogens (primary N) is 1. The normalized spacial score (nSPS) is 19.8. The molecule has 3 rings (SSSR count). The van der Waals surface area contributed by atoms with Crippen molar-refractivity contribution >= 4 is 11.5 Å². The van der Waals surface area contributed by atoms with Crippen LogP contribution in [0.5, 0.6) is 6.01 Å². The van der Waals surface area contributed by atoms with Crippen molar-refractivity contribution in [3.8, 4) is 6.01 Å². The molecule has 0 aliphatic carbocycles. The predicted molar refractivity (Wildman–Crippen MR) is 89.5 cm³/mol. The molecule has 126 valence electrons. The third-order valence-corrected chi connectivity index (χ3v) is 4.31. The molecule has 0 saturated carbocycles. The molecule has 0 bridgehead atoms. The van der Waals surface area contributed by atoms with Crippen LogP contribution in [0.4, 0.5) is 5.82 Å². The summed E-state index contributed by atoms with van der Waals surface area (Å²) in [4.78, 5) is 8.60. The second kappa shape index (κ2) is 7.12. The fourth-order valence-electron chi connectivity index (χ4n) is 3.11. The fourth-order valence-corrected chi connectivity index (χ4v) is 3.11. The van der Waals surface area contributed by atoms with Gasteiger partial charge in [-0.2, -0.15) is 4.98 Å². The van der Waals surface area contributed by atoms with Gasteiger partial charge in [-0.25, -0.2) is 9.50 Å². The molecule has 7 heteroatoms. The Labute approximate surface area is 136 Å². The van der Waals surface area contributed by atoms with E-state index in [1.165, 1.54) is 19.3 Å². The Morgan fingerprint density at radius 1 is 1.48 bits per heavy atom. The lowest BCUT2D eigenvalue weighted by molar-refractivity contribution is 0.189. The molecule has 3 heterocycles. The highest BCUT2D eigenvalue weighted by Gasteiger charge is 2.18. The van der Waals surface area contributed by atoms with Crippen molar-refractivity contribution in [3.05, 3.63) is 11.9 Å². The second-order valence-corrected chi connectivity index (χ2v) is 6.33. The first-order valence-electron chi connectivity index (χ1n) is 8.57. The standard InChI is InChI=1S/C16H26N6O/c1-3-6-11(2)23-16-20-14(17)15-19-10-13(22(15)21-16)9-12-7-4-5-8-18-12/h10-12,18H,3-9H2,1-2H3,(H2,17,20,21)/t11-,12?/m0/s1. The molecule has 7 nitrogen and oxygen atoms in total. The van der Waals surface area contributed by atoms with Gasteiger partial charge in [-0.05, 0) is 32.7 Å². The minimum absolute atomic E-state index is 0.0730. The third kappa shape index (κ3) is 3.72. The number of fused-ring (bicyclic) bond motifs is 1. The van der Waals surface area contributed by atoms with E-state index in [0.29, 0.717) is 23.5 Å². The van der Waals surface area contributed by atoms with Crippen LogP contribution in [-0.2, 0) is 6.42 Å². The highest BCUT2D eigenvalue weighted by molar-refractivity contribution is 5.59. The van der Waals surface area contributed by atoms with E-state index in [4.69, 9.17) is 10.5 Å². The van der Waals surface area contributed by atoms with Gasteiger partial charge in [-0.1, -0.05) is 19.8 Å². The average Bonchev–Trinajstić information content (AvgIpc) is 2.92. The van der Waals surface area contributed by atoms with Crippen molar-refractivity contribution < 1.29 is 4.74 Å². The lowest BCUT2D eigenvalue weighted by Crippen LogP contribution is -2.35. The molecule has 0 spiro atoms. The molecule has 2 aromatic heterocycles. The summed E-state index contributed by atoms with van der Waals surface area (Å²) in [5.41, 5.74) is 7.67. The van der Waals surface area contributed by atoms with Gasteiger partial charge in [0.05, 0.1) is 18.0 Å². The maximum atomic E-state index is 6.02. The lowest BCUT2D eigenvalue weighted by Gasteiger charge is -2.22. The first kappa shape index (κ1) is 16.0. The number of anilines is 1. The Balaban J connectivity index is 1.83. The summed E-state index contributed by atoms with van der Waals surface area (Å²) in [6.07, 6.45) is 8.54. The van der Waals surface area contributed by atoms with Crippen LogP contribution in [0.1, 0.15) is 51.6 Å². The number of hydrogen-bond acceptors (Lipinski definition) is 6. The van der Waals surface area contributed by atoms with Gasteiger partial charge in [0.1, 0.15) is 0 Å². The van der Waals surface area contributed by atoms with Crippen molar-refractivity contribution in [1.82, 2.24) is 24.9 Å². The first-order valence-corrected chi connectivity index (χ1v) is 8.57. The number of ether oxygens (including phenoxy) is 1. The van der Waals surface area contributed by atoms with E-state index in [2.05, 4.69) is 27.3 Å². The number of nitrogen functional groups attached to an aromatic ring is 1. The molecule has 2 aromatic rings. The number of imidazole rings is 1. The molecule has 1 saturated heterocycles. The van der Waals surface area contributed by atoms with Crippen molar-refractivity contribution in [1.29, 1.82) is 0 Å². The van der Waals surface area contributed by atoms with Gasteiger partial charge in [-0.15, -0.1) is 5.10 Å². The number of nitrogens with one attached hydrogen (secondary N) is 1. The van der Waals surface area contributed by atoms with Gasteiger partial charge in [0, 0.05) is 12.5 Å². The van der Waals surface area contributed by atoms with Crippen LogP contribution < -0.4 is 15.8 Å². The maximum absolute atomic E-state index is 6.02. The van der Waals surface area contributed by atoms with Gasteiger partial charge >= 0.3 is 6.01 Å². The zero-order valence-corrected chi connectivity index (χ0v) is 14.0. The highest BCUT2D eigenvalue weighted by atomic mass is 16.5. The van der Waals surface area contributed by atoms with Crippen LogP contribution in [0.2, 0.25) is 0 Å². The molecule has 1 fully saturated rings. The number of rotatable bonds is 6. The molecule has 23 heavy (non-hydrogen) atoms. The summed E-state index contributed by atoms with van der Waals surface area (Å²) < 4.78 is 7.58. The van der Waals surface area contributed by atoms with Crippen LogP contribution in [0.3, 0.4) is 0 Å². The summed E-state index contributed by atoms with van der Waals surface area (Å²) in [5, 5.41) is 8.05. The second-order valence-electron chi connectivity index (χ2n) is 6.33. The van der Waals surface area contributed by atoms with E-state index in [0.717, 1.165) is 31.5 Å². The highest BCUT2D eigenvalue weighted by Crippen LogP contribution is 2.18. The van der Waals surface area contributed by atoms with E-state index in [1.54, 1.807) is 4.52 Å². The lowest BCUT2D eigenvalue weighted by atomic mass is 10.0. The summed E-state index contributed by atoms with van der Waals surface area (Å²) in [5.74, 6) is 0.363. The van der Waals surface area contributed by atoms with Crippen LogP contribution in [-0.4, -0.2) is 38.3 Å². The topological polar surface area (TPSA) is 90.4 Å². The van der Waals surface area contributed by atoms with Crippen LogP contribution >= 0.6 is 0 Å². The first-order chi connectivity index (χ1) is 11.2. The molecule has 1 unspecified atom stereocenters. The molecule has 0 radical (unpaired) electrons. The number of nitrogens with zero attached hydrogens (tertiary/aromatic N) is 4. The van der Waals surface area contributed by atoms with Gasteiger partial charge in [0.15, 0.2) is 11.5 Å². The Morgan fingerprint density at radius 2 is 2.35 bits per heavy atom. The van der Waals surface area contributed by atoms with Crippen molar-refractivity contribution in [3.63, 3.8) is 0 Å². The monoisotopic (exact) mass is 318 g/mol. The van der Waals surface area contributed by atoms with Gasteiger partial charge in [-0.3, -0.25) is 0 Å². The zero-order chi connectivity index (χ0) is 16.2. The molecule has 0 aromatic carbocycles. The summed E-state index contributed by atoms with van der Waals surface area (Å²) in [6.45, 7) is 5.23. The Bertz CT molecular complexity index is 649. The Hall–Kier alpha value is -1.89. The average molecular weight is 318 g/mol. The smallest absolute Gasteiger partial charge is 0.336 e. The van der Waals surface area contributed by atoms with Crippen molar-refractivity contribution in [2.24, 2.45) is 0 Å². The molecule has 3 N–H and O–H groups in total. The van der Waals surface area contributed by atoms with E-state index in [-0.39, 0.29) is 6.10 Å². The molecular formula is C16H26N6O. The molecule has 2 atom stereocenters. The summed E-state index contributed by atoms with van der Waals surface area (Å²) in [6, 6.07) is 0.801. The van der Waals surface area contributed by atoms with Crippen LogP contribution in [0.15, 0.2) is 6.20 Å². The van der Waals surface area contributed by atoms with Crippen molar-refractivity contribution in [2.75, 3.05) is 12.3 Å². The third-order valence-electron chi connectivity index (χ3n) is 4.31. The quantitative estimate of drug-likeness (QED) is 0.846. The Kier molecular flexibility index (Phi) is 4.95. The molecular weight excluding hydrogens is 292 g/mol. The number of piperidine rings is 1. The van der Waals surface area contributed by atoms with Crippen LogP contribution in [0, 0.1) is 0 Å². The van der Waals surface area contributed by atoms with Gasteiger partial charge < -0.3 is 15.8 Å². The van der Waals surface area contributed by atoms with Crippen molar-refractivity contribution in [2.45, 2.75) is 64.5 Å². The SMILES string of the molecule is CCC[C@H](C)Oc1nc(N)c2ncc(CC3CCCCN3)n2n1. The summed E-state index contributed by atoms with van der Waals surface area (Å²) >= 11 is 0. The Morgan fingerprint density at radius 3 is 3.09 bits per heavy atom. The van der Waals surface area contributed by atoms with Crippen LogP contribution in [0.25, 0.3) is 5.65 Å². The number of aromatic nitrogens is 4. The summed E-state index contributed by atoms with van der Waals surface area (Å²) in [7, 11) is 0. The molecule has 1 aliphatic heterocycles. The molecule has 1 aliphatic rings.